The van der Waals surface area contributed by atoms with E-state index in [1.54, 1.807) is 6.33 Å². The van der Waals surface area contributed by atoms with Gasteiger partial charge in [-0.1, -0.05) is 6.92 Å². The van der Waals surface area contributed by atoms with Crippen LogP contribution in [0.15, 0.2) is 12.5 Å². The zero-order chi connectivity index (χ0) is 11.7. The zero-order valence-electron chi connectivity index (χ0n) is 10.6. The van der Waals surface area contributed by atoms with E-state index >= 15 is 0 Å². The van der Waals surface area contributed by atoms with Gasteiger partial charge >= 0.3 is 0 Å². The molecule has 2 unspecified atom stereocenters. The molecule has 2 heterocycles. The summed E-state index contributed by atoms with van der Waals surface area (Å²) in [6.45, 7) is 4.82. The van der Waals surface area contributed by atoms with Crippen molar-refractivity contribution in [3.05, 3.63) is 23.8 Å². The maximum absolute atomic E-state index is 4.56. The standard InChI is InChI=1S/C14H21N3/c1-2-7-17-8-3-4-12-13(17)6-5-11-9-15-10-16-14(11)12/h9-10,12-13H,2-8H2,1H3. The van der Waals surface area contributed by atoms with E-state index in [-0.39, 0.29) is 0 Å². The van der Waals surface area contributed by atoms with Gasteiger partial charge in [0.15, 0.2) is 0 Å². The van der Waals surface area contributed by atoms with Gasteiger partial charge in [0, 0.05) is 18.2 Å². The highest BCUT2D eigenvalue weighted by atomic mass is 15.2. The van der Waals surface area contributed by atoms with Crippen molar-refractivity contribution in [1.82, 2.24) is 14.9 Å². The third-order valence-electron chi connectivity index (χ3n) is 4.29. The molecule has 2 aliphatic rings. The van der Waals surface area contributed by atoms with Crippen LogP contribution in [0.4, 0.5) is 0 Å². The smallest absolute Gasteiger partial charge is 0.115 e. The van der Waals surface area contributed by atoms with Crippen molar-refractivity contribution in [2.45, 2.75) is 51.0 Å². The van der Waals surface area contributed by atoms with Crippen molar-refractivity contribution in [1.29, 1.82) is 0 Å². The minimum Gasteiger partial charge on any atom is -0.300 e. The fourth-order valence-corrected chi connectivity index (χ4v) is 3.59. The molecule has 0 N–H and O–H groups in total. The molecule has 1 aromatic rings. The molecule has 17 heavy (non-hydrogen) atoms. The fraction of sp³-hybridized carbons (Fsp3) is 0.714. The first-order valence-corrected chi connectivity index (χ1v) is 6.93. The number of aryl methyl sites for hydroxylation is 1. The average Bonchev–Trinajstić information content (AvgIpc) is 2.39. The van der Waals surface area contributed by atoms with Crippen LogP contribution in [-0.4, -0.2) is 34.0 Å². The first-order chi connectivity index (χ1) is 8.40. The lowest BCUT2D eigenvalue weighted by molar-refractivity contribution is 0.110. The SMILES string of the molecule is CCCN1CCCC2c3ncncc3CCC21. The van der Waals surface area contributed by atoms with E-state index in [0.717, 1.165) is 12.5 Å². The molecule has 0 bridgehead atoms. The summed E-state index contributed by atoms with van der Waals surface area (Å²) >= 11 is 0. The Morgan fingerprint density at radius 3 is 3.24 bits per heavy atom. The Labute approximate surface area is 103 Å². The Morgan fingerprint density at radius 1 is 1.41 bits per heavy atom. The predicted octanol–water partition coefficient (Wildman–Crippen LogP) is 2.38. The molecule has 0 saturated carbocycles. The maximum Gasteiger partial charge on any atom is 0.115 e. The van der Waals surface area contributed by atoms with Gasteiger partial charge in [0.25, 0.3) is 0 Å². The van der Waals surface area contributed by atoms with Gasteiger partial charge in [-0.2, -0.15) is 0 Å². The number of fused-ring (bicyclic) bond motifs is 3. The number of rotatable bonds is 2. The predicted molar refractivity (Wildman–Crippen MR) is 68.0 cm³/mol. The second-order valence-corrected chi connectivity index (χ2v) is 5.32. The lowest BCUT2D eigenvalue weighted by atomic mass is 9.77. The lowest BCUT2D eigenvalue weighted by Gasteiger charge is -2.44. The van der Waals surface area contributed by atoms with E-state index in [1.165, 1.54) is 50.0 Å². The summed E-state index contributed by atoms with van der Waals surface area (Å²) in [5, 5.41) is 0. The monoisotopic (exact) mass is 231 g/mol. The summed E-state index contributed by atoms with van der Waals surface area (Å²) in [5.74, 6) is 0.669. The zero-order valence-corrected chi connectivity index (χ0v) is 10.6. The van der Waals surface area contributed by atoms with Crippen LogP contribution in [0, 0.1) is 0 Å². The van der Waals surface area contributed by atoms with Crippen molar-refractivity contribution >= 4 is 0 Å². The fourth-order valence-electron chi connectivity index (χ4n) is 3.59. The first-order valence-electron chi connectivity index (χ1n) is 6.93. The van der Waals surface area contributed by atoms with Crippen LogP contribution in [0.1, 0.15) is 49.8 Å². The Morgan fingerprint density at radius 2 is 2.35 bits per heavy atom. The van der Waals surface area contributed by atoms with E-state index in [1.807, 2.05) is 6.20 Å². The molecular formula is C14H21N3. The van der Waals surface area contributed by atoms with Gasteiger partial charge in [-0.15, -0.1) is 0 Å². The Bertz CT molecular complexity index is 389. The van der Waals surface area contributed by atoms with Gasteiger partial charge in [0.2, 0.25) is 0 Å². The molecule has 1 saturated heterocycles. The quantitative estimate of drug-likeness (QED) is 0.782. The van der Waals surface area contributed by atoms with Crippen LogP contribution in [-0.2, 0) is 6.42 Å². The van der Waals surface area contributed by atoms with Crippen molar-refractivity contribution in [2.75, 3.05) is 13.1 Å². The molecule has 0 spiro atoms. The number of hydrogen-bond acceptors (Lipinski definition) is 3. The Kier molecular flexibility index (Phi) is 3.10. The summed E-state index contributed by atoms with van der Waals surface area (Å²) < 4.78 is 0. The molecule has 0 radical (unpaired) electrons. The van der Waals surface area contributed by atoms with E-state index in [2.05, 4.69) is 21.8 Å². The van der Waals surface area contributed by atoms with E-state index < -0.39 is 0 Å². The van der Waals surface area contributed by atoms with Crippen LogP contribution in [0.5, 0.6) is 0 Å². The van der Waals surface area contributed by atoms with Crippen LogP contribution in [0.25, 0.3) is 0 Å². The third-order valence-corrected chi connectivity index (χ3v) is 4.29. The molecule has 1 aliphatic heterocycles. The summed E-state index contributed by atoms with van der Waals surface area (Å²) in [6, 6.07) is 0.742. The third kappa shape index (κ3) is 1.97. The van der Waals surface area contributed by atoms with Gasteiger partial charge < -0.3 is 0 Å². The maximum atomic E-state index is 4.56. The number of hydrogen-bond donors (Lipinski definition) is 0. The number of aromatic nitrogens is 2. The minimum atomic E-state index is 0.669. The van der Waals surface area contributed by atoms with Crippen molar-refractivity contribution < 1.29 is 0 Å². The van der Waals surface area contributed by atoms with Gasteiger partial charge in [0.05, 0.1) is 5.69 Å². The Balaban J connectivity index is 1.88. The second kappa shape index (κ2) is 4.73. The summed E-state index contributed by atoms with van der Waals surface area (Å²) in [5.41, 5.74) is 2.74. The van der Waals surface area contributed by atoms with Crippen LogP contribution < -0.4 is 0 Å². The molecule has 1 aromatic heterocycles. The van der Waals surface area contributed by atoms with Crippen LogP contribution in [0.3, 0.4) is 0 Å². The molecule has 3 nitrogen and oxygen atoms in total. The number of piperidine rings is 1. The lowest BCUT2D eigenvalue weighted by Crippen LogP contribution is -2.46. The van der Waals surface area contributed by atoms with Crippen molar-refractivity contribution in [3.8, 4) is 0 Å². The van der Waals surface area contributed by atoms with E-state index in [9.17, 15) is 0 Å². The normalized spacial score (nSPS) is 28.5. The molecule has 0 amide bonds. The van der Waals surface area contributed by atoms with Gasteiger partial charge in [-0.25, -0.2) is 9.97 Å². The molecule has 2 atom stereocenters. The number of likely N-dealkylation sites (tertiary alicyclic amines) is 1. The molecule has 1 aliphatic carbocycles. The van der Waals surface area contributed by atoms with Gasteiger partial charge in [-0.05, 0) is 50.8 Å². The molecule has 3 heteroatoms. The molecular weight excluding hydrogens is 210 g/mol. The van der Waals surface area contributed by atoms with Crippen molar-refractivity contribution in [3.63, 3.8) is 0 Å². The van der Waals surface area contributed by atoms with Crippen LogP contribution in [0.2, 0.25) is 0 Å². The highest BCUT2D eigenvalue weighted by Crippen LogP contribution is 2.39. The minimum absolute atomic E-state index is 0.669. The number of nitrogens with zero attached hydrogens (tertiary/aromatic N) is 3. The highest BCUT2D eigenvalue weighted by Gasteiger charge is 2.36. The largest absolute Gasteiger partial charge is 0.300 e. The molecule has 3 rings (SSSR count). The summed E-state index contributed by atoms with van der Waals surface area (Å²) in [4.78, 5) is 11.4. The molecule has 1 fully saturated rings. The Hall–Kier alpha value is -0.960. The molecule has 92 valence electrons. The molecule has 0 aromatic carbocycles. The summed E-state index contributed by atoms with van der Waals surface area (Å²) in [7, 11) is 0. The first kappa shape index (κ1) is 11.1. The summed E-state index contributed by atoms with van der Waals surface area (Å²) in [6.07, 6.45) is 10.1. The van der Waals surface area contributed by atoms with Gasteiger partial charge in [0.1, 0.15) is 6.33 Å². The van der Waals surface area contributed by atoms with Crippen LogP contribution >= 0.6 is 0 Å². The van der Waals surface area contributed by atoms with Gasteiger partial charge in [-0.3, -0.25) is 4.90 Å². The van der Waals surface area contributed by atoms with E-state index in [4.69, 9.17) is 0 Å². The highest BCUT2D eigenvalue weighted by molar-refractivity contribution is 5.26. The van der Waals surface area contributed by atoms with Crippen molar-refractivity contribution in [2.24, 2.45) is 0 Å². The average molecular weight is 231 g/mol. The second-order valence-electron chi connectivity index (χ2n) is 5.32. The topological polar surface area (TPSA) is 29.0 Å². The van der Waals surface area contributed by atoms with E-state index in [0.29, 0.717) is 5.92 Å².